The molecule has 0 saturated carbocycles. The van der Waals surface area contributed by atoms with Crippen LogP contribution in [0.25, 0.3) is 5.69 Å². The zero-order valence-electron chi connectivity index (χ0n) is 13.0. The topological polar surface area (TPSA) is 44.1 Å². The van der Waals surface area contributed by atoms with Crippen LogP contribution in [0.15, 0.2) is 36.9 Å². The van der Waals surface area contributed by atoms with Crippen LogP contribution < -0.4 is 0 Å². The third kappa shape index (κ3) is 3.57. The van der Waals surface area contributed by atoms with Crippen LogP contribution in [0.3, 0.4) is 0 Å². The molecule has 2 rings (SSSR count). The molecular weight excluding hydrogens is 300 g/mol. The van der Waals surface area contributed by atoms with Crippen LogP contribution in [0.4, 0.5) is 0 Å². The van der Waals surface area contributed by atoms with Crippen molar-refractivity contribution >= 4 is 17.6 Å². The molecule has 0 N–H and O–H groups in total. The van der Waals surface area contributed by atoms with E-state index in [1.165, 1.54) is 0 Å². The van der Waals surface area contributed by atoms with E-state index in [2.05, 4.69) is 11.7 Å². The number of aromatic nitrogens is 2. The first-order chi connectivity index (χ1) is 10.4. The van der Waals surface area contributed by atoms with Gasteiger partial charge in [-0.25, -0.2) is 4.68 Å². The van der Waals surface area contributed by atoms with Gasteiger partial charge in [0.05, 0.1) is 17.8 Å². The number of hydrogen-bond donors (Lipinski definition) is 0. The predicted molar refractivity (Wildman–Crippen MR) is 87.5 cm³/mol. The smallest absolute Gasteiger partial charge is 0.310 e. The number of hydrogen-bond acceptors (Lipinski definition) is 3. The Morgan fingerprint density at radius 2 is 2.05 bits per heavy atom. The minimum absolute atomic E-state index is 0.198. The van der Waals surface area contributed by atoms with E-state index < -0.39 is 0 Å². The second kappa shape index (κ2) is 6.79. The molecule has 0 aliphatic carbocycles. The van der Waals surface area contributed by atoms with Crippen molar-refractivity contribution in [2.24, 2.45) is 0 Å². The molecule has 1 aromatic carbocycles. The maximum absolute atomic E-state index is 12.0. The minimum Gasteiger partial charge on any atom is -0.458 e. The van der Waals surface area contributed by atoms with Crippen molar-refractivity contribution in [3.63, 3.8) is 0 Å². The molecule has 2 aromatic rings. The number of rotatable bonds is 5. The van der Waals surface area contributed by atoms with Gasteiger partial charge < -0.3 is 4.74 Å². The number of esters is 1. The summed E-state index contributed by atoms with van der Waals surface area (Å²) in [5.41, 5.74) is 3.53. The second-order valence-corrected chi connectivity index (χ2v) is 5.58. The summed E-state index contributed by atoms with van der Waals surface area (Å²) in [6.07, 6.45) is 1.50. The van der Waals surface area contributed by atoms with E-state index in [0.29, 0.717) is 5.02 Å². The Morgan fingerprint density at radius 1 is 1.41 bits per heavy atom. The van der Waals surface area contributed by atoms with Crippen molar-refractivity contribution < 1.29 is 9.53 Å². The van der Waals surface area contributed by atoms with Crippen LogP contribution >= 0.6 is 11.6 Å². The maximum atomic E-state index is 12.0. The fourth-order valence-corrected chi connectivity index (χ4v) is 2.33. The van der Waals surface area contributed by atoms with E-state index in [4.69, 9.17) is 16.3 Å². The van der Waals surface area contributed by atoms with E-state index in [-0.39, 0.29) is 18.5 Å². The largest absolute Gasteiger partial charge is 0.458 e. The fraction of sp³-hybridized carbons (Fsp3) is 0.294. The lowest BCUT2D eigenvalue weighted by Gasteiger charge is -2.09. The van der Waals surface area contributed by atoms with E-state index in [1.54, 1.807) is 13.0 Å². The van der Waals surface area contributed by atoms with Crippen LogP contribution in [-0.2, 0) is 16.0 Å². The Hall–Kier alpha value is -2.07. The number of nitrogens with zero attached hydrogens (tertiary/aromatic N) is 2. The van der Waals surface area contributed by atoms with Crippen LogP contribution in [0.1, 0.15) is 23.9 Å². The molecule has 0 saturated heterocycles. The van der Waals surface area contributed by atoms with Gasteiger partial charge in [-0.1, -0.05) is 24.3 Å². The molecule has 116 valence electrons. The number of benzene rings is 1. The zero-order chi connectivity index (χ0) is 16.3. The summed E-state index contributed by atoms with van der Waals surface area (Å²) in [6.45, 7) is 9.21. The summed E-state index contributed by atoms with van der Waals surface area (Å²) in [5, 5.41) is 5.18. The average Bonchev–Trinajstić information content (AvgIpc) is 2.76. The van der Waals surface area contributed by atoms with Gasteiger partial charge in [-0.15, -0.1) is 0 Å². The van der Waals surface area contributed by atoms with Gasteiger partial charge in [-0.3, -0.25) is 4.79 Å². The van der Waals surface area contributed by atoms with Crippen LogP contribution in [-0.4, -0.2) is 21.9 Å². The minimum atomic E-state index is -0.292. The van der Waals surface area contributed by atoms with Gasteiger partial charge in [0.25, 0.3) is 0 Å². The van der Waals surface area contributed by atoms with Crippen LogP contribution in [0.2, 0.25) is 5.02 Å². The Labute approximate surface area is 135 Å². The van der Waals surface area contributed by atoms with Gasteiger partial charge in [0.1, 0.15) is 6.10 Å². The summed E-state index contributed by atoms with van der Waals surface area (Å²) in [7, 11) is 0. The van der Waals surface area contributed by atoms with E-state index in [9.17, 15) is 4.79 Å². The van der Waals surface area contributed by atoms with Crippen molar-refractivity contribution in [2.45, 2.75) is 33.3 Å². The first kappa shape index (κ1) is 16.3. The molecule has 5 heteroatoms. The third-order valence-corrected chi connectivity index (χ3v) is 3.73. The summed E-state index contributed by atoms with van der Waals surface area (Å²) in [6, 6.07) is 7.41. The van der Waals surface area contributed by atoms with Gasteiger partial charge in [0.2, 0.25) is 0 Å². The highest BCUT2D eigenvalue weighted by Gasteiger charge is 2.17. The lowest BCUT2D eigenvalue weighted by Crippen LogP contribution is -2.15. The molecule has 0 amide bonds. The third-order valence-electron chi connectivity index (χ3n) is 3.48. The van der Waals surface area contributed by atoms with E-state index >= 15 is 0 Å². The normalized spacial score (nSPS) is 12.0. The summed E-state index contributed by atoms with van der Waals surface area (Å²) >= 11 is 5.91. The van der Waals surface area contributed by atoms with Gasteiger partial charge in [0.15, 0.2) is 0 Å². The second-order valence-electron chi connectivity index (χ2n) is 5.15. The summed E-state index contributed by atoms with van der Waals surface area (Å²) in [5.74, 6) is -0.283. The molecule has 1 aromatic heterocycles. The SMILES string of the molecule is C=CC(C)OC(=O)Cc1c(C)nn(-c2ccc(Cl)cc2)c1C. The van der Waals surface area contributed by atoms with Gasteiger partial charge in [-0.05, 0) is 45.0 Å². The van der Waals surface area contributed by atoms with E-state index in [1.807, 2.05) is 42.8 Å². The number of carbonyl (C=O) groups excluding carboxylic acids is 1. The Morgan fingerprint density at radius 3 is 2.64 bits per heavy atom. The highest BCUT2D eigenvalue weighted by atomic mass is 35.5. The van der Waals surface area contributed by atoms with Gasteiger partial charge in [-0.2, -0.15) is 5.10 Å². The standard InChI is InChI=1S/C17H19ClN2O2/c1-5-11(2)22-17(21)10-16-12(3)19-20(13(16)4)15-8-6-14(18)7-9-15/h5-9,11H,1,10H2,2-4H3. The number of ether oxygens (including phenoxy) is 1. The molecule has 0 fully saturated rings. The fourth-order valence-electron chi connectivity index (χ4n) is 2.21. The highest BCUT2D eigenvalue weighted by Crippen LogP contribution is 2.20. The molecular formula is C17H19ClN2O2. The quantitative estimate of drug-likeness (QED) is 0.622. The first-order valence-corrected chi connectivity index (χ1v) is 7.43. The van der Waals surface area contributed by atoms with Crippen molar-refractivity contribution in [2.75, 3.05) is 0 Å². The van der Waals surface area contributed by atoms with E-state index in [0.717, 1.165) is 22.6 Å². The predicted octanol–water partition coefficient (Wildman–Crippen LogP) is 3.80. The van der Waals surface area contributed by atoms with Crippen molar-refractivity contribution in [3.05, 3.63) is 58.9 Å². The Balaban J connectivity index is 2.25. The molecule has 0 bridgehead atoms. The molecule has 4 nitrogen and oxygen atoms in total. The lowest BCUT2D eigenvalue weighted by atomic mass is 10.1. The highest BCUT2D eigenvalue weighted by molar-refractivity contribution is 6.30. The molecule has 1 atom stereocenters. The molecule has 0 spiro atoms. The summed E-state index contributed by atoms with van der Waals surface area (Å²) in [4.78, 5) is 12.0. The number of aryl methyl sites for hydroxylation is 1. The molecule has 22 heavy (non-hydrogen) atoms. The van der Waals surface area contributed by atoms with Gasteiger partial charge >= 0.3 is 5.97 Å². The first-order valence-electron chi connectivity index (χ1n) is 7.05. The van der Waals surface area contributed by atoms with Gasteiger partial charge in [0, 0.05) is 16.3 Å². The maximum Gasteiger partial charge on any atom is 0.310 e. The van der Waals surface area contributed by atoms with Crippen molar-refractivity contribution in [1.29, 1.82) is 0 Å². The number of carbonyl (C=O) groups is 1. The molecule has 0 radical (unpaired) electrons. The Kier molecular flexibility index (Phi) is 5.03. The monoisotopic (exact) mass is 318 g/mol. The average molecular weight is 319 g/mol. The van der Waals surface area contributed by atoms with Crippen LogP contribution in [0.5, 0.6) is 0 Å². The molecule has 1 unspecified atom stereocenters. The van der Waals surface area contributed by atoms with Crippen LogP contribution in [0, 0.1) is 13.8 Å². The summed E-state index contributed by atoms with van der Waals surface area (Å²) < 4.78 is 7.04. The lowest BCUT2D eigenvalue weighted by molar-refractivity contribution is -0.145. The molecule has 0 aliphatic heterocycles. The van der Waals surface area contributed by atoms with Crippen molar-refractivity contribution in [3.8, 4) is 5.69 Å². The molecule has 1 heterocycles. The van der Waals surface area contributed by atoms with Crippen molar-refractivity contribution in [1.82, 2.24) is 9.78 Å². The zero-order valence-corrected chi connectivity index (χ0v) is 13.7. The Bertz CT molecular complexity index is 689. The number of halogens is 1. The molecule has 0 aliphatic rings.